The topological polar surface area (TPSA) is 21.3 Å². The molecule has 0 spiro atoms. The van der Waals surface area contributed by atoms with Crippen molar-refractivity contribution >= 4 is 11.8 Å². The molecule has 1 N–H and O–H groups in total. The summed E-state index contributed by atoms with van der Waals surface area (Å²) in [7, 11) is 1.48. The van der Waals surface area contributed by atoms with Crippen molar-refractivity contribution in [1.29, 1.82) is 0 Å². The summed E-state index contributed by atoms with van der Waals surface area (Å²) in [5, 5.41) is 3.97. The average Bonchev–Trinajstić information content (AvgIpc) is 2.34. The molecule has 4 heteroatoms. The van der Waals surface area contributed by atoms with Gasteiger partial charge in [0.25, 0.3) is 0 Å². The van der Waals surface area contributed by atoms with Gasteiger partial charge < -0.3 is 10.1 Å². The van der Waals surface area contributed by atoms with Crippen LogP contribution in [0.15, 0.2) is 18.2 Å². The maximum Gasteiger partial charge on any atom is 0.165 e. The first-order chi connectivity index (χ1) is 8.58. The monoisotopic (exact) mass is 271 g/mol. The lowest BCUT2D eigenvalue weighted by Crippen LogP contribution is -2.23. The Labute approximate surface area is 113 Å². The van der Waals surface area contributed by atoms with Crippen LogP contribution in [0, 0.1) is 5.82 Å². The zero-order chi connectivity index (χ0) is 13.5. The molecular formula is C14H22FNOS. The number of methoxy groups -OCH3 is 1. The number of thioether (sulfide) groups is 1. The second-order valence-electron chi connectivity index (χ2n) is 4.39. The van der Waals surface area contributed by atoms with Gasteiger partial charge in [-0.2, -0.15) is 11.8 Å². The van der Waals surface area contributed by atoms with Gasteiger partial charge in [0, 0.05) is 11.8 Å². The Kier molecular flexibility index (Phi) is 6.50. The van der Waals surface area contributed by atoms with Gasteiger partial charge in [0.15, 0.2) is 11.6 Å². The number of hydrogen-bond acceptors (Lipinski definition) is 3. The Morgan fingerprint density at radius 1 is 1.39 bits per heavy atom. The van der Waals surface area contributed by atoms with Gasteiger partial charge >= 0.3 is 0 Å². The van der Waals surface area contributed by atoms with E-state index in [-0.39, 0.29) is 11.9 Å². The van der Waals surface area contributed by atoms with Crippen LogP contribution in [0.3, 0.4) is 0 Å². The van der Waals surface area contributed by atoms with Crippen LogP contribution in [0.2, 0.25) is 0 Å². The summed E-state index contributed by atoms with van der Waals surface area (Å²) in [6, 6.07) is 5.36. The molecular weight excluding hydrogens is 249 g/mol. The minimum absolute atomic E-state index is 0.183. The van der Waals surface area contributed by atoms with E-state index in [1.54, 1.807) is 12.1 Å². The van der Waals surface area contributed by atoms with E-state index in [9.17, 15) is 4.39 Å². The molecule has 0 aliphatic heterocycles. The van der Waals surface area contributed by atoms with Crippen LogP contribution in [0.5, 0.6) is 5.75 Å². The van der Waals surface area contributed by atoms with E-state index in [1.807, 2.05) is 17.8 Å². The fourth-order valence-electron chi connectivity index (χ4n) is 1.71. The first-order valence-electron chi connectivity index (χ1n) is 6.26. The third-order valence-corrected chi connectivity index (χ3v) is 3.82. The van der Waals surface area contributed by atoms with Crippen molar-refractivity contribution in [3.63, 3.8) is 0 Å². The Hall–Kier alpha value is -0.740. The molecule has 0 aliphatic rings. The van der Waals surface area contributed by atoms with E-state index in [0.29, 0.717) is 11.0 Å². The average molecular weight is 271 g/mol. The Morgan fingerprint density at radius 2 is 2.11 bits per heavy atom. The smallest absolute Gasteiger partial charge is 0.165 e. The van der Waals surface area contributed by atoms with Crippen LogP contribution >= 0.6 is 11.8 Å². The van der Waals surface area contributed by atoms with Crippen molar-refractivity contribution in [3.05, 3.63) is 29.6 Å². The molecule has 0 saturated heterocycles. The molecule has 1 aromatic rings. The largest absolute Gasteiger partial charge is 0.494 e. The van der Waals surface area contributed by atoms with Gasteiger partial charge in [-0.1, -0.05) is 26.8 Å². The van der Waals surface area contributed by atoms with E-state index in [4.69, 9.17) is 4.74 Å². The van der Waals surface area contributed by atoms with Crippen molar-refractivity contribution in [1.82, 2.24) is 5.32 Å². The molecule has 102 valence electrons. The fraction of sp³-hybridized carbons (Fsp3) is 0.571. The number of hydrogen-bond donors (Lipinski definition) is 1. The molecule has 0 aliphatic carbocycles. The summed E-state index contributed by atoms with van der Waals surface area (Å²) in [4.78, 5) is 0. The lowest BCUT2D eigenvalue weighted by Gasteiger charge is -2.19. The lowest BCUT2D eigenvalue weighted by atomic mass is 10.1. The molecule has 1 unspecified atom stereocenters. The van der Waals surface area contributed by atoms with Gasteiger partial charge in [0.1, 0.15) is 0 Å². The van der Waals surface area contributed by atoms with Crippen molar-refractivity contribution in [2.75, 3.05) is 19.4 Å². The highest BCUT2D eigenvalue weighted by Gasteiger charge is 2.13. The number of nitrogens with one attached hydrogen (secondary N) is 1. The second kappa shape index (κ2) is 7.64. The molecule has 0 heterocycles. The highest BCUT2D eigenvalue weighted by atomic mass is 32.2. The zero-order valence-corrected chi connectivity index (χ0v) is 12.3. The van der Waals surface area contributed by atoms with Crippen molar-refractivity contribution < 1.29 is 9.13 Å². The molecule has 0 bridgehead atoms. The summed E-state index contributed by atoms with van der Waals surface area (Å²) in [6.45, 7) is 7.27. The number of rotatable bonds is 7. The zero-order valence-electron chi connectivity index (χ0n) is 11.5. The van der Waals surface area contributed by atoms with Crippen LogP contribution in [0.1, 0.15) is 32.4 Å². The molecule has 0 aromatic heterocycles. The standard InChI is InChI=1S/C14H22FNOS/c1-5-16-13(9-18-10(2)3)11-6-7-14(17-4)12(15)8-11/h6-8,10,13,16H,5,9H2,1-4H3. The minimum atomic E-state index is -0.299. The quantitative estimate of drug-likeness (QED) is 0.818. The summed E-state index contributed by atoms with van der Waals surface area (Å²) < 4.78 is 18.6. The predicted molar refractivity (Wildman–Crippen MR) is 77.0 cm³/mol. The number of benzene rings is 1. The van der Waals surface area contributed by atoms with Gasteiger partial charge in [-0.05, 0) is 29.5 Å². The van der Waals surface area contributed by atoms with Crippen LogP contribution in [-0.4, -0.2) is 24.7 Å². The first kappa shape index (κ1) is 15.3. The van der Waals surface area contributed by atoms with Crippen LogP contribution in [-0.2, 0) is 0 Å². The summed E-state index contributed by atoms with van der Waals surface area (Å²) in [5.41, 5.74) is 0.975. The first-order valence-corrected chi connectivity index (χ1v) is 7.31. The molecule has 1 aromatic carbocycles. The van der Waals surface area contributed by atoms with Crippen LogP contribution < -0.4 is 10.1 Å². The van der Waals surface area contributed by atoms with Crippen molar-refractivity contribution in [2.24, 2.45) is 0 Å². The van der Waals surface area contributed by atoms with Gasteiger partial charge in [0.2, 0.25) is 0 Å². The lowest BCUT2D eigenvalue weighted by molar-refractivity contribution is 0.385. The maximum absolute atomic E-state index is 13.7. The maximum atomic E-state index is 13.7. The molecule has 0 saturated carbocycles. The highest BCUT2D eigenvalue weighted by molar-refractivity contribution is 7.99. The van der Waals surface area contributed by atoms with Gasteiger partial charge in [-0.15, -0.1) is 0 Å². The van der Waals surface area contributed by atoms with E-state index in [1.165, 1.54) is 7.11 Å². The molecule has 18 heavy (non-hydrogen) atoms. The Balaban J connectivity index is 2.81. The molecule has 0 fully saturated rings. The fourth-order valence-corrected chi connectivity index (χ4v) is 2.60. The van der Waals surface area contributed by atoms with Crippen molar-refractivity contribution in [2.45, 2.75) is 32.1 Å². The van der Waals surface area contributed by atoms with Gasteiger partial charge in [-0.3, -0.25) is 0 Å². The van der Waals surface area contributed by atoms with Crippen molar-refractivity contribution in [3.8, 4) is 5.75 Å². The normalized spacial score (nSPS) is 12.8. The van der Waals surface area contributed by atoms with Gasteiger partial charge in [-0.25, -0.2) is 4.39 Å². The number of halogens is 1. The van der Waals surface area contributed by atoms with E-state index in [0.717, 1.165) is 17.9 Å². The molecule has 0 amide bonds. The van der Waals surface area contributed by atoms with Gasteiger partial charge in [0.05, 0.1) is 7.11 Å². The predicted octanol–water partition coefficient (Wildman–Crippen LogP) is 3.63. The van der Waals surface area contributed by atoms with Crippen LogP contribution in [0.25, 0.3) is 0 Å². The molecule has 1 atom stereocenters. The third-order valence-electron chi connectivity index (χ3n) is 2.62. The molecule has 0 radical (unpaired) electrons. The third kappa shape index (κ3) is 4.50. The number of ether oxygens (including phenoxy) is 1. The minimum Gasteiger partial charge on any atom is -0.494 e. The molecule has 2 nitrogen and oxygen atoms in total. The second-order valence-corrected chi connectivity index (χ2v) is 6.00. The summed E-state index contributed by atoms with van der Waals surface area (Å²) in [5.74, 6) is 0.940. The van der Waals surface area contributed by atoms with E-state index in [2.05, 4.69) is 26.1 Å². The highest BCUT2D eigenvalue weighted by Crippen LogP contribution is 2.25. The Morgan fingerprint density at radius 3 is 2.61 bits per heavy atom. The molecule has 1 rings (SSSR count). The SMILES string of the molecule is CCNC(CSC(C)C)c1ccc(OC)c(F)c1. The van der Waals surface area contributed by atoms with E-state index >= 15 is 0 Å². The summed E-state index contributed by atoms with van der Waals surface area (Å²) in [6.07, 6.45) is 0. The van der Waals surface area contributed by atoms with E-state index < -0.39 is 0 Å². The Bertz CT molecular complexity index is 371. The summed E-state index contributed by atoms with van der Waals surface area (Å²) >= 11 is 1.87. The van der Waals surface area contributed by atoms with Crippen LogP contribution in [0.4, 0.5) is 4.39 Å².